The number of carbonyl (C=O) groups is 2. The van der Waals surface area contributed by atoms with E-state index in [-0.39, 0.29) is 5.91 Å². The molecule has 0 unspecified atom stereocenters. The number of nitrogens with one attached hydrogen (secondary N) is 1. The van der Waals surface area contributed by atoms with E-state index in [9.17, 15) is 9.59 Å². The first-order chi connectivity index (χ1) is 9.69. The molecule has 1 aromatic rings. The Kier molecular flexibility index (Phi) is 7.40. The molecule has 0 saturated heterocycles. The summed E-state index contributed by atoms with van der Waals surface area (Å²) in [6.07, 6.45) is 6.01. The highest BCUT2D eigenvalue weighted by atomic mass is 16.5. The van der Waals surface area contributed by atoms with Crippen molar-refractivity contribution in [2.75, 3.05) is 12.4 Å². The van der Waals surface area contributed by atoms with Crippen molar-refractivity contribution in [1.29, 1.82) is 0 Å². The van der Waals surface area contributed by atoms with E-state index in [1.807, 2.05) is 0 Å². The minimum absolute atomic E-state index is 0.0575. The molecular weight excluding hydrogens is 254 g/mol. The molecule has 4 nitrogen and oxygen atoms in total. The molecule has 0 aromatic heterocycles. The molecule has 0 saturated carbocycles. The van der Waals surface area contributed by atoms with E-state index in [0.29, 0.717) is 17.7 Å². The van der Waals surface area contributed by atoms with Crippen LogP contribution in [0.15, 0.2) is 24.3 Å². The number of unbranched alkanes of at least 4 members (excludes halogenated alkanes) is 4. The topological polar surface area (TPSA) is 55.4 Å². The van der Waals surface area contributed by atoms with Crippen molar-refractivity contribution < 1.29 is 14.3 Å². The Hall–Kier alpha value is -1.84. The Morgan fingerprint density at radius 3 is 2.50 bits per heavy atom. The summed E-state index contributed by atoms with van der Waals surface area (Å²) in [4.78, 5) is 23.4. The third-order valence-corrected chi connectivity index (χ3v) is 3.11. The SMILES string of the molecule is CCCCCCCC(=O)Nc1ccccc1C(=O)OC. The molecular formula is C16H23NO3. The molecule has 1 N–H and O–H groups in total. The number of benzene rings is 1. The maximum atomic E-state index is 11.8. The number of amides is 1. The van der Waals surface area contributed by atoms with Crippen LogP contribution in [0.2, 0.25) is 0 Å². The Bertz CT molecular complexity index is 443. The second-order valence-corrected chi connectivity index (χ2v) is 4.75. The molecule has 4 heteroatoms. The Morgan fingerprint density at radius 1 is 1.10 bits per heavy atom. The fraction of sp³-hybridized carbons (Fsp3) is 0.500. The van der Waals surface area contributed by atoms with Gasteiger partial charge in [0.05, 0.1) is 18.4 Å². The summed E-state index contributed by atoms with van der Waals surface area (Å²) in [6.45, 7) is 2.16. The van der Waals surface area contributed by atoms with Crippen LogP contribution < -0.4 is 5.32 Å². The number of rotatable bonds is 8. The summed E-state index contributed by atoms with van der Waals surface area (Å²) in [7, 11) is 1.33. The minimum Gasteiger partial charge on any atom is -0.465 e. The van der Waals surface area contributed by atoms with Crippen LogP contribution in [0.25, 0.3) is 0 Å². The van der Waals surface area contributed by atoms with E-state index in [1.54, 1.807) is 24.3 Å². The fourth-order valence-electron chi connectivity index (χ4n) is 1.98. The number of carbonyl (C=O) groups excluding carboxylic acids is 2. The molecule has 0 heterocycles. The number of esters is 1. The summed E-state index contributed by atoms with van der Waals surface area (Å²) < 4.78 is 4.69. The van der Waals surface area contributed by atoms with Gasteiger partial charge in [0.15, 0.2) is 0 Å². The average Bonchev–Trinajstić information content (AvgIpc) is 2.47. The van der Waals surface area contributed by atoms with Crippen LogP contribution in [0, 0.1) is 0 Å². The Balaban J connectivity index is 2.47. The lowest BCUT2D eigenvalue weighted by molar-refractivity contribution is -0.116. The molecule has 0 fully saturated rings. The second kappa shape index (κ2) is 9.13. The van der Waals surface area contributed by atoms with Gasteiger partial charge in [-0.05, 0) is 18.6 Å². The van der Waals surface area contributed by atoms with Gasteiger partial charge in [-0.2, -0.15) is 0 Å². The number of hydrogen-bond acceptors (Lipinski definition) is 3. The van der Waals surface area contributed by atoms with Crippen molar-refractivity contribution in [1.82, 2.24) is 0 Å². The third kappa shape index (κ3) is 5.43. The van der Waals surface area contributed by atoms with Crippen molar-refractivity contribution in [3.8, 4) is 0 Å². The minimum atomic E-state index is -0.441. The van der Waals surface area contributed by atoms with E-state index >= 15 is 0 Å². The standard InChI is InChI=1S/C16H23NO3/c1-3-4-5-6-7-12-15(18)17-14-11-9-8-10-13(14)16(19)20-2/h8-11H,3-7,12H2,1-2H3,(H,17,18). The number of anilines is 1. The van der Waals surface area contributed by atoms with Gasteiger partial charge in [-0.3, -0.25) is 4.79 Å². The second-order valence-electron chi connectivity index (χ2n) is 4.75. The van der Waals surface area contributed by atoms with E-state index in [2.05, 4.69) is 12.2 Å². The predicted molar refractivity (Wildman–Crippen MR) is 79.8 cm³/mol. The zero-order chi connectivity index (χ0) is 14.8. The molecule has 1 amide bonds. The number of methoxy groups -OCH3 is 1. The quantitative estimate of drug-likeness (QED) is 0.581. The van der Waals surface area contributed by atoms with Crippen LogP contribution in [-0.4, -0.2) is 19.0 Å². The largest absolute Gasteiger partial charge is 0.465 e. The van der Waals surface area contributed by atoms with Gasteiger partial charge in [0, 0.05) is 6.42 Å². The smallest absolute Gasteiger partial charge is 0.339 e. The lowest BCUT2D eigenvalue weighted by atomic mass is 10.1. The summed E-state index contributed by atoms with van der Waals surface area (Å²) in [6, 6.07) is 6.87. The molecule has 1 aromatic carbocycles. The number of hydrogen-bond donors (Lipinski definition) is 1. The van der Waals surface area contributed by atoms with Gasteiger partial charge in [-0.25, -0.2) is 4.79 Å². The van der Waals surface area contributed by atoms with E-state index in [4.69, 9.17) is 4.74 Å². The van der Waals surface area contributed by atoms with E-state index < -0.39 is 5.97 Å². The van der Waals surface area contributed by atoms with Crippen LogP contribution in [0.5, 0.6) is 0 Å². The zero-order valence-electron chi connectivity index (χ0n) is 12.3. The Morgan fingerprint density at radius 2 is 1.80 bits per heavy atom. The Labute approximate surface area is 120 Å². The van der Waals surface area contributed by atoms with Gasteiger partial charge >= 0.3 is 5.97 Å². The first-order valence-corrected chi connectivity index (χ1v) is 7.16. The van der Waals surface area contributed by atoms with Crippen molar-refractivity contribution >= 4 is 17.6 Å². The van der Waals surface area contributed by atoms with Crippen LogP contribution >= 0.6 is 0 Å². The highest BCUT2D eigenvalue weighted by Gasteiger charge is 2.12. The first kappa shape index (κ1) is 16.2. The van der Waals surface area contributed by atoms with E-state index in [0.717, 1.165) is 12.8 Å². The van der Waals surface area contributed by atoms with Gasteiger partial charge in [0.25, 0.3) is 0 Å². The van der Waals surface area contributed by atoms with Crippen LogP contribution in [0.1, 0.15) is 55.8 Å². The molecule has 0 aliphatic heterocycles. The monoisotopic (exact) mass is 277 g/mol. The summed E-state index contributed by atoms with van der Waals surface area (Å²) in [5, 5.41) is 2.78. The maximum absolute atomic E-state index is 11.8. The van der Waals surface area contributed by atoms with Gasteiger partial charge < -0.3 is 10.1 Å². The normalized spacial score (nSPS) is 10.1. The van der Waals surface area contributed by atoms with Crippen molar-refractivity contribution in [2.45, 2.75) is 45.4 Å². The van der Waals surface area contributed by atoms with Crippen molar-refractivity contribution in [3.05, 3.63) is 29.8 Å². The lowest BCUT2D eigenvalue weighted by Crippen LogP contribution is -2.14. The fourth-order valence-corrected chi connectivity index (χ4v) is 1.98. The van der Waals surface area contributed by atoms with Gasteiger partial charge in [-0.1, -0.05) is 44.7 Å². The lowest BCUT2D eigenvalue weighted by Gasteiger charge is -2.09. The van der Waals surface area contributed by atoms with Crippen molar-refractivity contribution in [3.63, 3.8) is 0 Å². The molecule has 0 bridgehead atoms. The molecule has 0 radical (unpaired) electrons. The molecule has 20 heavy (non-hydrogen) atoms. The summed E-state index contributed by atoms with van der Waals surface area (Å²) >= 11 is 0. The predicted octanol–water partition coefficient (Wildman–Crippen LogP) is 3.77. The van der Waals surface area contributed by atoms with Crippen LogP contribution in [0.3, 0.4) is 0 Å². The van der Waals surface area contributed by atoms with Gasteiger partial charge in [0.1, 0.15) is 0 Å². The highest BCUT2D eigenvalue weighted by molar-refractivity contribution is 6.01. The average molecular weight is 277 g/mol. The van der Waals surface area contributed by atoms with Crippen molar-refractivity contribution in [2.24, 2.45) is 0 Å². The molecule has 110 valence electrons. The summed E-state index contributed by atoms with van der Waals surface area (Å²) in [5.74, 6) is -0.498. The highest BCUT2D eigenvalue weighted by Crippen LogP contribution is 2.16. The number of para-hydroxylation sites is 1. The molecule has 0 spiro atoms. The molecule has 0 aliphatic rings. The molecule has 0 atom stereocenters. The van der Waals surface area contributed by atoms with Gasteiger partial charge in [-0.15, -0.1) is 0 Å². The van der Waals surface area contributed by atoms with E-state index in [1.165, 1.54) is 26.4 Å². The zero-order valence-corrected chi connectivity index (χ0v) is 12.3. The van der Waals surface area contributed by atoms with Crippen LogP contribution in [0.4, 0.5) is 5.69 Å². The third-order valence-electron chi connectivity index (χ3n) is 3.11. The molecule has 0 aliphatic carbocycles. The first-order valence-electron chi connectivity index (χ1n) is 7.16. The number of ether oxygens (including phenoxy) is 1. The summed E-state index contributed by atoms with van der Waals surface area (Å²) in [5.41, 5.74) is 0.896. The maximum Gasteiger partial charge on any atom is 0.339 e. The van der Waals surface area contributed by atoms with Crippen LogP contribution in [-0.2, 0) is 9.53 Å². The van der Waals surface area contributed by atoms with Gasteiger partial charge in [0.2, 0.25) is 5.91 Å². The molecule has 1 rings (SSSR count).